The summed E-state index contributed by atoms with van der Waals surface area (Å²) in [6.07, 6.45) is 5.73. The molecule has 0 saturated carbocycles. The fourth-order valence-corrected chi connectivity index (χ4v) is 4.99. The molecule has 0 aliphatic rings. The van der Waals surface area contributed by atoms with E-state index >= 15 is 0 Å². The van der Waals surface area contributed by atoms with Gasteiger partial charge in [0.2, 0.25) is 5.95 Å². The number of aryl methyl sites for hydroxylation is 1. The van der Waals surface area contributed by atoms with Crippen molar-refractivity contribution in [2.75, 3.05) is 18.6 Å². The molecular weight excluding hydrogens is 468 g/mol. The van der Waals surface area contributed by atoms with E-state index in [1.54, 1.807) is 23.0 Å². The molecule has 4 N–H and O–H groups in total. The Morgan fingerprint density at radius 1 is 1.20 bits per heavy atom. The van der Waals surface area contributed by atoms with Crippen LogP contribution in [-0.2, 0) is 13.0 Å². The lowest BCUT2D eigenvalue weighted by Gasteiger charge is -2.15. The van der Waals surface area contributed by atoms with Gasteiger partial charge < -0.3 is 10.0 Å². The molecule has 0 aliphatic carbocycles. The van der Waals surface area contributed by atoms with Crippen LogP contribution in [0.15, 0.2) is 42.9 Å². The molecule has 35 heavy (non-hydrogen) atoms. The molecular formula is C23H22N8O3S. The molecule has 0 spiro atoms. The van der Waals surface area contributed by atoms with Crippen molar-refractivity contribution in [1.29, 1.82) is 0 Å². The molecule has 0 aliphatic heterocycles. The number of nitrogens with one attached hydrogen (secondary N) is 2. The predicted octanol–water partition coefficient (Wildman–Crippen LogP) is 2.70. The van der Waals surface area contributed by atoms with Crippen LogP contribution in [0.3, 0.4) is 0 Å². The number of hydrogen-bond acceptors (Lipinski definition) is 10. The average Bonchev–Trinajstić information content (AvgIpc) is 3.53. The highest BCUT2D eigenvalue weighted by Gasteiger charge is 2.17. The van der Waals surface area contributed by atoms with Crippen molar-refractivity contribution in [2.45, 2.75) is 19.4 Å². The summed E-state index contributed by atoms with van der Waals surface area (Å²) in [5, 5.41) is 26.2. The Morgan fingerprint density at radius 2 is 2.03 bits per heavy atom. The molecule has 0 bridgehead atoms. The van der Waals surface area contributed by atoms with Crippen LogP contribution >= 0.6 is 11.3 Å². The summed E-state index contributed by atoms with van der Waals surface area (Å²) < 4.78 is 0.987. The van der Waals surface area contributed by atoms with E-state index in [0.29, 0.717) is 31.2 Å². The topological polar surface area (TPSA) is 153 Å². The number of nitrogens with zero attached hydrogens (tertiary/aromatic N) is 6. The third kappa shape index (κ3) is 4.54. The third-order valence-electron chi connectivity index (χ3n) is 5.53. The van der Waals surface area contributed by atoms with E-state index in [0.717, 1.165) is 37.3 Å². The zero-order valence-electron chi connectivity index (χ0n) is 18.8. The number of aromatic nitrogens is 6. The molecule has 0 unspecified atom stereocenters. The number of thiophene rings is 1. The van der Waals surface area contributed by atoms with Crippen LogP contribution in [0, 0.1) is 0 Å². The molecule has 0 radical (unpaired) electrons. The van der Waals surface area contributed by atoms with E-state index in [-0.39, 0.29) is 12.2 Å². The number of rotatable bonds is 8. The van der Waals surface area contributed by atoms with Crippen molar-refractivity contribution in [3.8, 4) is 11.4 Å². The highest BCUT2D eigenvalue weighted by molar-refractivity contribution is 7.19. The summed E-state index contributed by atoms with van der Waals surface area (Å²) in [4.78, 5) is 32.6. The zero-order valence-corrected chi connectivity index (χ0v) is 19.6. The van der Waals surface area contributed by atoms with Crippen molar-refractivity contribution >= 4 is 44.3 Å². The van der Waals surface area contributed by atoms with E-state index < -0.39 is 5.91 Å². The second-order valence-corrected chi connectivity index (χ2v) is 9.09. The highest BCUT2D eigenvalue weighted by Crippen LogP contribution is 2.32. The summed E-state index contributed by atoms with van der Waals surface area (Å²) in [7, 11) is 1.86. The van der Waals surface area contributed by atoms with Gasteiger partial charge in [-0.1, -0.05) is 12.1 Å². The van der Waals surface area contributed by atoms with E-state index in [9.17, 15) is 9.90 Å². The van der Waals surface area contributed by atoms with Gasteiger partial charge in [0, 0.05) is 41.9 Å². The number of H-pyrrole nitrogens is 1. The fourth-order valence-electron chi connectivity index (χ4n) is 3.82. The van der Waals surface area contributed by atoms with Crippen LogP contribution in [0.5, 0.6) is 0 Å². The molecule has 0 saturated heterocycles. The maximum absolute atomic E-state index is 11.5. The third-order valence-corrected chi connectivity index (χ3v) is 6.68. The predicted molar refractivity (Wildman–Crippen MR) is 131 cm³/mol. The van der Waals surface area contributed by atoms with Crippen LogP contribution in [-0.4, -0.2) is 60.0 Å². The van der Waals surface area contributed by atoms with Gasteiger partial charge in [-0.3, -0.25) is 15.1 Å². The van der Waals surface area contributed by atoms with Crippen LogP contribution in [0.4, 0.5) is 5.95 Å². The van der Waals surface area contributed by atoms with Crippen molar-refractivity contribution in [3.05, 3.63) is 59.0 Å². The minimum absolute atomic E-state index is 0.0841. The van der Waals surface area contributed by atoms with E-state index in [1.165, 1.54) is 12.4 Å². The molecule has 178 valence electrons. The molecule has 12 heteroatoms. The van der Waals surface area contributed by atoms with Crippen LogP contribution in [0.1, 0.15) is 27.3 Å². The van der Waals surface area contributed by atoms with Gasteiger partial charge in [-0.25, -0.2) is 25.4 Å². The number of amides is 1. The molecule has 0 atom stereocenters. The van der Waals surface area contributed by atoms with Gasteiger partial charge in [0.15, 0.2) is 5.82 Å². The first-order valence-corrected chi connectivity index (χ1v) is 11.7. The lowest BCUT2D eigenvalue weighted by molar-refractivity contribution is 0.0705. The normalized spacial score (nSPS) is 11.3. The molecule has 1 aromatic carbocycles. The standard InChI is InChI=1S/C23H22N8O3S/c1-31(23-24-9-13(10-25-23)22(33)30-34)12-14-8-19-20(35-14)18(6-3-7-32)27-21(28-19)15-4-2-5-17-16(15)11-26-29-17/h2,4-5,8-11,32,34H,3,6-7,12H2,1H3,(H,26,29)(H,30,33). The first-order valence-electron chi connectivity index (χ1n) is 10.9. The van der Waals surface area contributed by atoms with Crippen molar-refractivity contribution in [2.24, 2.45) is 0 Å². The Bertz CT molecular complexity index is 1500. The molecule has 4 heterocycles. The zero-order chi connectivity index (χ0) is 24.4. The summed E-state index contributed by atoms with van der Waals surface area (Å²) in [5.41, 5.74) is 5.28. The number of aromatic amines is 1. The molecule has 11 nitrogen and oxygen atoms in total. The van der Waals surface area contributed by atoms with E-state index in [1.807, 2.05) is 36.2 Å². The van der Waals surface area contributed by atoms with Crippen molar-refractivity contribution in [1.82, 2.24) is 35.6 Å². The maximum Gasteiger partial charge on any atom is 0.277 e. The Hall–Kier alpha value is -4.00. The van der Waals surface area contributed by atoms with Gasteiger partial charge in [-0.2, -0.15) is 5.10 Å². The molecule has 5 aromatic rings. The second kappa shape index (κ2) is 9.70. The van der Waals surface area contributed by atoms with Gasteiger partial charge in [0.1, 0.15) is 0 Å². The van der Waals surface area contributed by atoms with Crippen LogP contribution < -0.4 is 10.4 Å². The van der Waals surface area contributed by atoms with Crippen molar-refractivity contribution in [3.63, 3.8) is 0 Å². The number of carbonyl (C=O) groups excluding carboxylic acids is 1. The summed E-state index contributed by atoms with van der Waals surface area (Å²) in [5.74, 6) is 0.395. The summed E-state index contributed by atoms with van der Waals surface area (Å²) >= 11 is 1.60. The van der Waals surface area contributed by atoms with E-state index in [4.69, 9.17) is 15.2 Å². The van der Waals surface area contributed by atoms with E-state index in [2.05, 4.69) is 20.2 Å². The number of anilines is 1. The van der Waals surface area contributed by atoms with Crippen LogP contribution in [0.25, 0.3) is 32.5 Å². The number of hydrogen-bond donors (Lipinski definition) is 4. The largest absolute Gasteiger partial charge is 0.396 e. The Labute approximate surface area is 203 Å². The summed E-state index contributed by atoms with van der Waals surface area (Å²) in [6.45, 7) is 0.611. The molecule has 4 aromatic heterocycles. The molecule has 1 amide bonds. The fraction of sp³-hybridized carbons (Fsp3) is 0.217. The number of aliphatic hydroxyl groups excluding tert-OH is 1. The lowest BCUT2D eigenvalue weighted by atomic mass is 10.1. The molecule has 0 fully saturated rings. The number of carbonyl (C=O) groups is 1. The lowest BCUT2D eigenvalue weighted by Crippen LogP contribution is -2.21. The highest BCUT2D eigenvalue weighted by atomic mass is 32.1. The Morgan fingerprint density at radius 3 is 2.80 bits per heavy atom. The van der Waals surface area contributed by atoms with Gasteiger partial charge >= 0.3 is 0 Å². The number of hydroxylamine groups is 1. The SMILES string of the molecule is CN(Cc1cc2nc(-c3cccc4[nH]ncc34)nc(CCCO)c2s1)c1ncc(C(=O)NO)cn1. The Balaban J connectivity index is 1.48. The smallest absolute Gasteiger partial charge is 0.277 e. The van der Waals surface area contributed by atoms with Crippen LogP contribution in [0.2, 0.25) is 0 Å². The summed E-state index contributed by atoms with van der Waals surface area (Å²) in [6, 6.07) is 7.92. The maximum atomic E-state index is 11.5. The van der Waals surface area contributed by atoms with Gasteiger partial charge in [-0.05, 0) is 25.0 Å². The van der Waals surface area contributed by atoms with Gasteiger partial charge in [-0.15, -0.1) is 11.3 Å². The quantitative estimate of drug-likeness (QED) is 0.190. The monoisotopic (exact) mass is 490 g/mol. The number of benzene rings is 1. The second-order valence-electron chi connectivity index (χ2n) is 7.95. The van der Waals surface area contributed by atoms with Gasteiger partial charge in [0.25, 0.3) is 5.91 Å². The average molecular weight is 491 g/mol. The number of aliphatic hydroxyl groups is 1. The minimum atomic E-state index is -0.667. The molecule has 5 rings (SSSR count). The first kappa shape index (κ1) is 22.8. The first-order chi connectivity index (χ1) is 17.1. The van der Waals surface area contributed by atoms with Crippen molar-refractivity contribution < 1.29 is 15.1 Å². The minimum Gasteiger partial charge on any atom is -0.396 e. The Kier molecular flexibility index (Phi) is 6.31. The number of fused-ring (bicyclic) bond motifs is 2. The van der Waals surface area contributed by atoms with Gasteiger partial charge in [0.05, 0.1) is 39.7 Å².